The zero-order valence-electron chi connectivity index (χ0n) is 12.4. The first-order chi connectivity index (χ1) is 8.86. The molecule has 0 spiro atoms. The molecule has 0 aromatic heterocycles. The highest BCUT2D eigenvalue weighted by Gasteiger charge is 2.32. The topological polar surface area (TPSA) is 15.3 Å². The minimum Gasteiger partial charge on any atom is -0.311 e. The summed E-state index contributed by atoms with van der Waals surface area (Å²) in [5.74, 6) is 0. The molecular formula is C16H25BrN2. The molecule has 0 radical (unpaired) electrons. The van der Waals surface area contributed by atoms with Gasteiger partial charge >= 0.3 is 0 Å². The summed E-state index contributed by atoms with van der Waals surface area (Å²) in [6.45, 7) is 12.5. The number of hydrogen-bond donors (Lipinski definition) is 1. The minimum absolute atomic E-state index is 0.315. The fourth-order valence-corrected chi connectivity index (χ4v) is 3.04. The number of halogens is 1. The van der Waals surface area contributed by atoms with Gasteiger partial charge in [0, 0.05) is 36.2 Å². The van der Waals surface area contributed by atoms with Gasteiger partial charge in [0.05, 0.1) is 0 Å². The van der Waals surface area contributed by atoms with Crippen molar-refractivity contribution in [3.63, 3.8) is 0 Å². The molecule has 2 nitrogen and oxygen atoms in total. The second kappa shape index (κ2) is 5.94. The van der Waals surface area contributed by atoms with Crippen LogP contribution in [-0.4, -0.2) is 30.1 Å². The molecule has 3 heteroatoms. The van der Waals surface area contributed by atoms with Gasteiger partial charge in [-0.25, -0.2) is 0 Å². The molecule has 1 aliphatic rings. The molecule has 0 bridgehead atoms. The number of nitrogens with zero attached hydrogens (tertiary/aromatic N) is 1. The van der Waals surface area contributed by atoms with Crippen LogP contribution in [0.15, 0.2) is 28.7 Å². The summed E-state index contributed by atoms with van der Waals surface area (Å²) >= 11 is 3.55. The van der Waals surface area contributed by atoms with E-state index in [0.717, 1.165) is 19.6 Å². The van der Waals surface area contributed by atoms with Gasteiger partial charge in [0.2, 0.25) is 0 Å². The van der Waals surface area contributed by atoms with Crippen molar-refractivity contribution in [2.45, 2.75) is 46.3 Å². The molecule has 0 saturated carbocycles. The standard InChI is InChI=1S/C16H25BrN2/c1-12-9-18-15(16(2,3)4)11-19(12)10-13-6-5-7-14(17)8-13/h5-8,12,15,18H,9-11H2,1-4H3. The van der Waals surface area contributed by atoms with E-state index in [2.05, 4.69) is 78.1 Å². The Balaban J connectivity index is 2.05. The van der Waals surface area contributed by atoms with E-state index in [1.165, 1.54) is 10.0 Å². The molecule has 106 valence electrons. The quantitative estimate of drug-likeness (QED) is 0.893. The zero-order chi connectivity index (χ0) is 14.0. The normalized spacial score (nSPS) is 25.5. The Kier molecular flexibility index (Phi) is 4.70. The molecule has 1 aromatic rings. The van der Waals surface area contributed by atoms with Crippen molar-refractivity contribution in [2.24, 2.45) is 5.41 Å². The fraction of sp³-hybridized carbons (Fsp3) is 0.625. The maximum atomic E-state index is 3.69. The van der Waals surface area contributed by atoms with E-state index in [9.17, 15) is 0 Å². The van der Waals surface area contributed by atoms with Gasteiger partial charge in [-0.05, 0) is 30.0 Å². The summed E-state index contributed by atoms with van der Waals surface area (Å²) in [6, 6.07) is 9.80. The van der Waals surface area contributed by atoms with E-state index in [0.29, 0.717) is 17.5 Å². The van der Waals surface area contributed by atoms with Gasteiger partial charge in [-0.15, -0.1) is 0 Å². The summed E-state index contributed by atoms with van der Waals surface area (Å²) in [4.78, 5) is 2.59. The Hall–Kier alpha value is -0.380. The molecule has 1 heterocycles. The summed E-state index contributed by atoms with van der Waals surface area (Å²) in [5.41, 5.74) is 1.70. The van der Waals surface area contributed by atoms with Gasteiger partial charge in [-0.3, -0.25) is 4.90 Å². The van der Waals surface area contributed by atoms with Crippen LogP contribution in [0.25, 0.3) is 0 Å². The van der Waals surface area contributed by atoms with Crippen molar-refractivity contribution in [3.05, 3.63) is 34.3 Å². The van der Waals surface area contributed by atoms with E-state index < -0.39 is 0 Å². The Morgan fingerprint density at radius 3 is 2.74 bits per heavy atom. The minimum atomic E-state index is 0.315. The van der Waals surface area contributed by atoms with Crippen LogP contribution >= 0.6 is 15.9 Å². The van der Waals surface area contributed by atoms with Crippen LogP contribution in [0.4, 0.5) is 0 Å². The van der Waals surface area contributed by atoms with Crippen LogP contribution in [0, 0.1) is 5.41 Å². The predicted octanol–water partition coefficient (Wildman–Crippen LogP) is 3.66. The Morgan fingerprint density at radius 1 is 1.37 bits per heavy atom. The number of rotatable bonds is 2. The molecule has 2 unspecified atom stereocenters. The van der Waals surface area contributed by atoms with Gasteiger partial charge < -0.3 is 5.32 Å². The lowest BCUT2D eigenvalue weighted by molar-refractivity contribution is 0.0877. The van der Waals surface area contributed by atoms with Crippen LogP contribution in [0.1, 0.15) is 33.3 Å². The summed E-state index contributed by atoms with van der Waals surface area (Å²) in [5, 5.41) is 3.69. The maximum absolute atomic E-state index is 3.69. The average Bonchev–Trinajstić information content (AvgIpc) is 2.30. The van der Waals surface area contributed by atoms with E-state index >= 15 is 0 Å². The third-order valence-corrected chi connectivity index (χ3v) is 4.51. The molecule has 1 aliphatic heterocycles. The maximum Gasteiger partial charge on any atom is 0.0244 e. The third-order valence-electron chi connectivity index (χ3n) is 4.02. The molecular weight excluding hydrogens is 300 g/mol. The summed E-state index contributed by atoms with van der Waals surface area (Å²) in [7, 11) is 0. The van der Waals surface area contributed by atoms with E-state index in [-0.39, 0.29) is 0 Å². The van der Waals surface area contributed by atoms with E-state index in [1.807, 2.05) is 0 Å². The monoisotopic (exact) mass is 324 g/mol. The predicted molar refractivity (Wildman–Crippen MR) is 85.3 cm³/mol. The number of nitrogens with one attached hydrogen (secondary N) is 1. The molecule has 1 aromatic carbocycles. The number of benzene rings is 1. The Morgan fingerprint density at radius 2 is 2.11 bits per heavy atom. The molecule has 2 rings (SSSR count). The largest absolute Gasteiger partial charge is 0.311 e. The van der Waals surface area contributed by atoms with Crippen molar-refractivity contribution in [3.8, 4) is 0 Å². The van der Waals surface area contributed by atoms with Gasteiger partial charge in [0.1, 0.15) is 0 Å². The van der Waals surface area contributed by atoms with Gasteiger partial charge in [-0.1, -0.05) is 48.8 Å². The molecule has 0 amide bonds. The van der Waals surface area contributed by atoms with Crippen molar-refractivity contribution < 1.29 is 0 Å². The molecule has 0 aliphatic carbocycles. The smallest absolute Gasteiger partial charge is 0.0244 e. The van der Waals surface area contributed by atoms with E-state index in [1.54, 1.807) is 0 Å². The van der Waals surface area contributed by atoms with Crippen molar-refractivity contribution in [1.82, 2.24) is 10.2 Å². The van der Waals surface area contributed by atoms with Crippen LogP contribution < -0.4 is 5.32 Å². The Bertz CT molecular complexity index is 425. The van der Waals surface area contributed by atoms with Gasteiger partial charge in [0.15, 0.2) is 0 Å². The highest BCUT2D eigenvalue weighted by atomic mass is 79.9. The molecule has 1 saturated heterocycles. The lowest BCUT2D eigenvalue weighted by atomic mass is 9.84. The lowest BCUT2D eigenvalue weighted by Crippen LogP contribution is -2.59. The zero-order valence-corrected chi connectivity index (χ0v) is 14.0. The average molecular weight is 325 g/mol. The molecule has 19 heavy (non-hydrogen) atoms. The highest BCUT2D eigenvalue weighted by molar-refractivity contribution is 9.10. The van der Waals surface area contributed by atoms with Crippen molar-refractivity contribution in [1.29, 1.82) is 0 Å². The summed E-state index contributed by atoms with van der Waals surface area (Å²) < 4.78 is 1.17. The van der Waals surface area contributed by atoms with Crippen LogP contribution in [0.5, 0.6) is 0 Å². The van der Waals surface area contributed by atoms with Crippen LogP contribution in [0.2, 0.25) is 0 Å². The van der Waals surface area contributed by atoms with Crippen molar-refractivity contribution in [2.75, 3.05) is 13.1 Å². The second-order valence-electron chi connectivity index (χ2n) is 6.74. The van der Waals surface area contributed by atoms with Crippen LogP contribution in [0.3, 0.4) is 0 Å². The molecule has 1 fully saturated rings. The molecule has 2 atom stereocenters. The highest BCUT2D eigenvalue weighted by Crippen LogP contribution is 2.24. The number of piperazine rings is 1. The second-order valence-corrected chi connectivity index (χ2v) is 7.65. The number of hydrogen-bond acceptors (Lipinski definition) is 2. The first-order valence-electron chi connectivity index (χ1n) is 7.08. The lowest BCUT2D eigenvalue weighted by Gasteiger charge is -2.44. The van der Waals surface area contributed by atoms with Gasteiger partial charge in [0.25, 0.3) is 0 Å². The SMILES string of the molecule is CC1CNC(C(C)(C)C)CN1Cc1cccc(Br)c1. The van der Waals surface area contributed by atoms with Crippen LogP contribution in [-0.2, 0) is 6.54 Å². The third kappa shape index (κ3) is 4.04. The van der Waals surface area contributed by atoms with E-state index in [4.69, 9.17) is 0 Å². The first kappa shape index (κ1) is 15.0. The summed E-state index contributed by atoms with van der Waals surface area (Å²) in [6.07, 6.45) is 0. The first-order valence-corrected chi connectivity index (χ1v) is 7.87. The Labute approximate surface area is 125 Å². The fourth-order valence-electron chi connectivity index (χ4n) is 2.59. The van der Waals surface area contributed by atoms with Gasteiger partial charge in [-0.2, -0.15) is 0 Å². The molecule has 1 N–H and O–H groups in total. The van der Waals surface area contributed by atoms with Crippen molar-refractivity contribution >= 4 is 15.9 Å².